The van der Waals surface area contributed by atoms with Crippen molar-refractivity contribution in [2.45, 2.75) is 31.8 Å². The van der Waals surface area contributed by atoms with E-state index in [1.807, 2.05) is 24.3 Å². The molecule has 0 bridgehead atoms. The Balaban J connectivity index is 1.74. The van der Waals surface area contributed by atoms with E-state index in [2.05, 4.69) is 10.6 Å². The van der Waals surface area contributed by atoms with Crippen molar-refractivity contribution in [3.63, 3.8) is 0 Å². The average molecular weight is 325 g/mol. The first-order valence-electron chi connectivity index (χ1n) is 7.94. The van der Waals surface area contributed by atoms with Gasteiger partial charge >= 0.3 is 0 Å². The van der Waals surface area contributed by atoms with Crippen LogP contribution in [0.4, 0.5) is 0 Å². The number of hydrogen-bond donors (Lipinski definition) is 2. The van der Waals surface area contributed by atoms with E-state index in [-0.39, 0.29) is 12.0 Å². The second kappa shape index (κ2) is 9.13. The van der Waals surface area contributed by atoms with E-state index in [1.165, 1.54) is 12.8 Å². The molecule has 1 aromatic rings. The number of halogens is 1. The zero-order chi connectivity index (χ0) is 15.8. The van der Waals surface area contributed by atoms with E-state index in [4.69, 9.17) is 16.3 Å². The molecule has 0 aromatic heterocycles. The second-order valence-corrected chi connectivity index (χ2v) is 6.25. The molecule has 1 fully saturated rings. The number of methoxy groups -OCH3 is 1. The zero-order valence-corrected chi connectivity index (χ0v) is 13.9. The van der Waals surface area contributed by atoms with Gasteiger partial charge in [-0.15, -0.1) is 0 Å². The van der Waals surface area contributed by atoms with Gasteiger partial charge in [0.25, 0.3) is 0 Å². The van der Waals surface area contributed by atoms with Gasteiger partial charge in [0.1, 0.15) is 0 Å². The molecule has 122 valence electrons. The van der Waals surface area contributed by atoms with Gasteiger partial charge in [-0.05, 0) is 56.0 Å². The van der Waals surface area contributed by atoms with Crippen LogP contribution in [0.25, 0.3) is 0 Å². The Morgan fingerprint density at radius 1 is 1.45 bits per heavy atom. The molecule has 1 amide bonds. The lowest BCUT2D eigenvalue weighted by Crippen LogP contribution is -2.31. The van der Waals surface area contributed by atoms with Crippen molar-refractivity contribution < 1.29 is 9.53 Å². The van der Waals surface area contributed by atoms with E-state index in [9.17, 15) is 4.79 Å². The number of piperidine rings is 1. The summed E-state index contributed by atoms with van der Waals surface area (Å²) in [5, 5.41) is 6.99. The quantitative estimate of drug-likeness (QED) is 0.811. The van der Waals surface area contributed by atoms with E-state index in [0.717, 1.165) is 25.1 Å². The molecule has 1 aromatic carbocycles. The highest BCUT2D eigenvalue weighted by atomic mass is 35.5. The van der Waals surface area contributed by atoms with Crippen LogP contribution >= 0.6 is 11.6 Å². The van der Waals surface area contributed by atoms with Crippen molar-refractivity contribution >= 4 is 17.5 Å². The number of carbonyl (C=O) groups is 1. The SMILES string of the molecule is COC(CNC(=O)CCC1CCNCC1)c1cccc(Cl)c1. The summed E-state index contributed by atoms with van der Waals surface area (Å²) in [4.78, 5) is 12.0. The minimum absolute atomic E-state index is 0.0996. The van der Waals surface area contributed by atoms with Crippen LogP contribution < -0.4 is 10.6 Å². The van der Waals surface area contributed by atoms with Gasteiger partial charge in [0.2, 0.25) is 5.91 Å². The van der Waals surface area contributed by atoms with Crippen LogP contribution in [0.3, 0.4) is 0 Å². The summed E-state index contributed by atoms with van der Waals surface area (Å²) in [6, 6.07) is 7.55. The van der Waals surface area contributed by atoms with E-state index < -0.39 is 0 Å². The van der Waals surface area contributed by atoms with Crippen molar-refractivity contribution in [1.82, 2.24) is 10.6 Å². The molecule has 1 unspecified atom stereocenters. The molecular formula is C17H25ClN2O2. The smallest absolute Gasteiger partial charge is 0.220 e. The Morgan fingerprint density at radius 2 is 2.23 bits per heavy atom. The molecule has 1 aliphatic rings. The Hall–Kier alpha value is -1.10. The summed E-state index contributed by atoms with van der Waals surface area (Å²) in [5.74, 6) is 0.778. The second-order valence-electron chi connectivity index (χ2n) is 5.82. The molecule has 2 rings (SSSR count). The Kier molecular flexibility index (Phi) is 7.16. The number of rotatable bonds is 7. The highest BCUT2D eigenvalue weighted by Crippen LogP contribution is 2.20. The largest absolute Gasteiger partial charge is 0.375 e. The average Bonchev–Trinajstić information content (AvgIpc) is 2.54. The summed E-state index contributed by atoms with van der Waals surface area (Å²) in [6.07, 6.45) is 3.76. The van der Waals surface area contributed by atoms with Gasteiger partial charge in [0.05, 0.1) is 6.10 Å². The Labute approximate surface area is 137 Å². The standard InChI is InChI=1S/C17H25ClN2O2/c1-22-16(14-3-2-4-15(18)11-14)12-20-17(21)6-5-13-7-9-19-10-8-13/h2-4,11,13,16,19H,5-10,12H2,1H3,(H,20,21). The summed E-state index contributed by atoms with van der Waals surface area (Å²) in [7, 11) is 1.65. The van der Waals surface area contributed by atoms with Crippen LogP contribution in [0.1, 0.15) is 37.4 Å². The third-order valence-electron chi connectivity index (χ3n) is 4.23. The van der Waals surface area contributed by atoms with Gasteiger partial charge < -0.3 is 15.4 Å². The molecule has 5 heteroatoms. The van der Waals surface area contributed by atoms with Crippen molar-refractivity contribution in [2.75, 3.05) is 26.7 Å². The van der Waals surface area contributed by atoms with E-state index in [1.54, 1.807) is 7.11 Å². The molecule has 4 nitrogen and oxygen atoms in total. The highest BCUT2D eigenvalue weighted by Gasteiger charge is 2.16. The van der Waals surface area contributed by atoms with Crippen LogP contribution in [-0.4, -0.2) is 32.7 Å². The van der Waals surface area contributed by atoms with Gasteiger partial charge in [-0.3, -0.25) is 4.79 Å². The molecule has 2 N–H and O–H groups in total. The summed E-state index contributed by atoms with van der Waals surface area (Å²) >= 11 is 6.00. The first kappa shape index (κ1) is 17.3. The summed E-state index contributed by atoms with van der Waals surface area (Å²) < 4.78 is 5.45. The summed E-state index contributed by atoms with van der Waals surface area (Å²) in [5.41, 5.74) is 0.980. The molecule has 0 radical (unpaired) electrons. The lowest BCUT2D eigenvalue weighted by molar-refractivity contribution is -0.122. The third kappa shape index (κ3) is 5.59. The molecule has 1 heterocycles. The molecule has 1 aliphatic heterocycles. The van der Waals surface area contributed by atoms with Crippen molar-refractivity contribution in [1.29, 1.82) is 0 Å². The predicted molar refractivity (Wildman–Crippen MR) is 89.0 cm³/mol. The van der Waals surface area contributed by atoms with Crippen LogP contribution in [0.2, 0.25) is 5.02 Å². The molecule has 0 spiro atoms. The molecule has 0 saturated carbocycles. The molecule has 1 atom stereocenters. The van der Waals surface area contributed by atoms with Gasteiger partial charge in [0.15, 0.2) is 0 Å². The van der Waals surface area contributed by atoms with Crippen LogP contribution in [0.5, 0.6) is 0 Å². The van der Waals surface area contributed by atoms with Crippen LogP contribution in [-0.2, 0) is 9.53 Å². The fraction of sp³-hybridized carbons (Fsp3) is 0.588. The van der Waals surface area contributed by atoms with Gasteiger partial charge in [0, 0.05) is 25.1 Å². The van der Waals surface area contributed by atoms with Crippen molar-refractivity contribution in [3.05, 3.63) is 34.9 Å². The number of hydrogen-bond acceptors (Lipinski definition) is 3. The van der Waals surface area contributed by atoms with Crippen molar-refractivity contribution in [2.24, 2.45) is 5.92 Å². The molecule has 22 heavy (non-hydrogen) atoms. The Morgan fingerprint density at radius 3 is 2.91 bits per heavy atom. The molecule has 1 saturated heterocycles. The minimum atomic E-state index is -0.165. The zero-order valence-electron chi connectivity index (χ0n) is 13.1. The minimum Gasteiger partial charge on any atom is -0.375 e. The lowest BCUT2D eigenvalue weighted by atomic mass is 9.93. The van der Waals surface area contributed by atoms with Crippen molar-refractivity contribution in [3.8, 4) is 0 Å². The summed E-state index contributed by atoms with van der Waals surface area (Å²) in [6.45, 7) is 2.63. The lowest BCUT2D eigenvalue weighted by Gasteiger charge is -2.22. The first-order chi connectivity index (χ1) is 10.7. The van der Waals surface area contributed by atoms with Crippen LogP contribution in [0.15, 0.2) is 24.3 Å². The van der Waals surface area contributed by atoms with Gasteiger partial charge in [-0.25, -0.2) is 0 Å². The monoisotopic (exact) mass is 324 g/mol. The van der Waals surface area contributed by atoms with Crippen LogP contribution in [0, 0.1) is 5.92 Å². The third-order valence-corrected chi connectivity index (χ3v) is 4.46. The van der Waals surface area contributed by atoms with E-state index in [0.29, 0.717) is 23.9 Å². The fourth-order valence-corrected chi connectivity index (χ4v) is 3.04. The fourth-order valence-electron chi connectivity index (χ4n) is 2.84. The number of carbonyl (C=O) groups excluding carboxylic acids is 1. The Bertz CT molecular complexity index is 475. The van der Waals surface area contributed by atoms with Gasteiger partial charge in [-0.2, -0.15) is 0 Å². The number of nitrogens with one attached hydrogen (secondary N) is 2. The predicted octanol–water partition coefficient (Wildman–Crippen LogP) is 2.92. The molecular weight excluding hydrogens is 300 g/mol. The molecule has 0 aliphatic carbocycles. The maximum absolute atomic E-state index is 12.0. The maximum atomic E-state index is 12.0. The normalized spacial score (nSPS) is 17.2. The number of benzene rings is 1. The number of ether oxygens (including phenoxy) is 1. The number of amides is 1. The first-order valence-corrected chi connectivity index (χ1v) is 8.32. The highest BCUT2D eigenvalue weighted by molar-refractivity contribution is 6.30. The maximum Gasteiger partial charge on any atom is 0.220 e. The van der Waals surface area contributed by atoms with Gasteiger partial charge in [-0.1, -0.05) is 23.7 Å². The van der Waals surface area contributed by atoms with E-state index >= 15 is 0 Å². The topological polar surface area (TPSA) is 50.4 Å².